The molecule has 0 saturated carbocycles. The molecule has 0 bridgehead atoms. The Morgan fingerprint density at radius 3 is 2.50 bits per heavy atom. The van der Waals surface area contributed by atoms with Crippen LogP contribution in [-0.4, -0.2) is 5.12 Å². The van der Waals surface area contributed by atoms with Crippen LogP contribution >= 0.6 is 0 Å². The predicted molar refractivity (Wildman–Crippen MR) is 17.4 cm³/mol. The third-order valence-electron chi connectivity index (χ3n) is 0.190. The van der Waals surface area contributed by atoms with Crippen molar-refractivity contribution in [2.24, 2.45) is 11.1 Å². The van der Waals surface area contributed by atoms with Crippen molar-refractivity contribution in [1.29, 1.82) is 5.26 Å². The lowest BCUT2D eigenvalue weighted by molar-refractivity contribution is 0.433. The average Bonchev–Trinajstić information content (AvgIpc) is 1.65. The van der Waals surface area contributed by atoms with Crippen molar-refractivity contribution < 1.29 is 0 Å². The summed E-state index contributed by atoms with van der Waals surface area (Å²) in [5.41, 5.74) is 0. The number of nitroso groups, excluding NO2 is 1. The van der Waals surface area contributed by atoms with Gasteiger partial charge in [-0.05, 0) is 0 Å². The summed E-state index contributed by atoms with van der Waals surface area (Å²) in [5, 5.41) is 9.72. The molecule has 0 unspecified atom stereocenters. The van der Waals surface area contributed by atoms with Crippen LogP contribution in [0.5, 0.6) is 0 Å². The molecule has 0 aliphatic heterocycles. The number of nitrogens with two attached hydrogens (primary N) is 1. The first-order valence-electron chi connectivity index (χ1n) is 1.09. The Hall–Kier alpha value is -1.15. The maximum atomic E-state index is 9.06. The van der Waals surface area contributed by atoms with Crippen molar-refractivity contribution in [1.82, 2.24) is 5.12 Å². The summed E-state index contributed by atoms with van der Waals surface area (Å²) in [4.78, 5) is 9.06. The van der Waals surface area contributed by atoms with Crippen LogP contribution in [0.4, 0.5) is 0 Å². The van der Waals surface area contributed by atoms with Crippen LogP contribution in [0.25, 0.3) is 0 Å². The Bertz CT molecular complexity index is 82.0. The van der Waals surface area contributed by atoms with Crippen molar-refractivity contribution in [2.75, 3.05) is 0 Å². The fourth-order valence-corrected chi connectivity index (χ4v) is 0.0183. The SMILES string of the molecule is N#CN(N)N=O. The summed E-state index contributed by atoms with van der Waals surface area (Å²) >= 11 is 0. The van der Waals surface area contributed by atoms with Crippen molar-refractivity contribution in [3.63, 3.8) is 0 Å². The van der Waals surface area contributed by atoms with Gasteiger partial charge in [0.25, 0.3) is 0 Å². The summed E-state index contributed by atoms with van der Waals surface area (Å²) in [7, 11) is 0. The second-order valence-electron chi connectivity index (χ2n) is 0.526. The Labute approximate surface area is 33.9 Å². The van der Waals surface area contributed by atoms with Crippen LogP contribution in [-0.2, 0) is 0 Å². The summed E-state index contributed by atoms with van der Waals surface area (Å²) in [6.07, 6.45) is 1.25. The maximum absolute atomic E-state index is 9.06. The summed E-state index contributed by atoms with van der Waals surface area (Å²) in [6.45, 7) is 0. The highest BCUT2D eigenvalue weighted by Gasteiger charge is 1.80. The quantitative estimate of drug-likeness (QED) is 0.151. The molecule has 5 nitrogen and oxygen atoms in total. The number of hydrogen-bond acceptors (Lipinski definition) is 4. The molecule has 0 aromatic carbocycles. The van der Waals surface area contributed by atoms with E-state index in [-0.39, 0.29) is 5.12 Å². The molecule has 0 rings (SSSR count). The molecule has 0 spiro atoms. The van der Waals surface area contributed by atoms with Crippen LogP contribution in [0.1, 0.15) is 0 Å². The van der Waals surface area contributed by atoms with Gasteiger partial charge in [-0.3, -0.25) is 0 Å². The van der Waals surface area contributed by atoms with Crippen molar-refractivity contribution in [3.8, 4) is 6.19 Å². The van der Waals surface area contributed by atoms with Gasteiger partial charge < -0.3 is 0 Å². The maximum Gasteiger partial charge on any atom is 0.221 e. The van der Waals surface area contributed by atoms with Crippen LogP contribution < -0.4 is 5.84 Å². The van der Waals surface area contributed by atoms with E-state index in [1.165, 1.54) is 6.19 Å². The van der Waals surface area contributed by atoms with Crippen LogP contribution in [0.3, 0.4) is 0 Å². The number of rotatable bonds is 1. The molecule has 6 heavy (non-hydrogen) atoms. The summed E-state index contributed by atoms with van der Waals surface area (Å²) in [6, 6.07) is 0. The first-order chi connectivity index (χ1) is 2.81. The number of nitriles is 1. The van der Waals surface area contributed by atoms with Gasteiger partial charge in [-0.25, -0.2) is 5.84 Å². The molecule has 32 valence electrons. The van der Waals surface area contributed by atoms with E-state index in [1.807, 2.05) is 5.29 Å². The van der Waals surface area contributed by atoms with E-state index < -0.39 is 0 Å². The van der Waals surface area contributed by atoms with E-state index >= 15 is 0 Å². The highest BCUT2D eigenvalue weighted by atomic mass is 16.3. The Morgan fingerprint density at radius 2 is 2.50 bits per heavy atom. The zero-order chi connectivity index (χ0) is 4.99. The third kappa shape index (κ3) is 1.20. The molecule has 0 aromatic heterocycles. The lowest BCUT2D eigenvalue weighted by Crippen LogP contribution is -2.16. The van der Waals surface area contributed by atoms with E-state index in [0.29, 0.717) is 0 Å². The largest absolute Gasteiger partial charge is 0.221 e. The van der Waals surface area contributed by atoms with Gasteiger partial charge in [0.1, 0.15) is 0 Å². The minimum Gasteiger partial charge on any atom is -0.214 e. The monoisotopic (exact) mass is 86.0 g/mol. The molecule has 0 fully saturated rings. The molecule has 0 heterocycles. The minimum absolute atomic E-state index is 0.125. The lowest BCUT2D eigenvalue weighted by Gasteiger charge is -1.85. The number of nitrogens with zero attached hydrogens (tertiary/aromatic N) is 3. The topological polar surface area (TPSA) is 82.5 Å². The molecule has 0 radical (unpaired) electrons. The molecule has 0 amide bonds. The van der Waals surface area contributed by atoms with Gasteiger partial charge in [-0.15, -0.1) is 4.91 Å². The average molecular weight is 86.1 g/mol. The summed E-state index contributed by atoms with van der Waals surface area (Å²) < 4.78 is 0. The van der Waals surface area contributed by atoms with E-state index in [2.05, 4.69) is 5.84 Å². The van der Waals surface area contributed by atoms with Gasteiger partial charge in [-0.1, -0.05) is 5.12 Å². The molecule has 2 N–H and O–H groups in total. The standard InChI is InChI=1S/CH2N4O/c2-1-5(3)4-6/h3H2. The van der Waals surface area contributed by atoms with Crippen molar-refractivity contribution in [2.45, 2.75) is 0 Å². The van der Waals surface area contributed by atoms with Crippen LogP contribution in [0.15, 0.2) is 5.29 Å². The molecule has 0 aliphatic carbocycles. The number of hydrogen-bond donors (Lipinski definition) is 1. The highest BCUT2D eigenvalue weighted by Crippen LogP contribution is 1.64. The minimum atomic E-state index is 0.125. The smallest absolute Gasteiger partial charge is 0.214 e. The van der Waals surface area contributed by atoms with Gasteiger partial charge in [0.2, 0.25) is 6.19 Å². The zero-order valence-electron chi connectivity index (χ0n) is 2.83. The van der Waals surface area contributed by atoms with Crippen LogP contribution in [0, 0.1) is 16.4 Å². The highest BCUT2D eigenvalue weighted by molar-refractivity contribution is 4.58. The molecule has 0 saturated heterocycles. The van der Waals surface area contributed by atoms with Gasteiger partial charge in [0.15, 0.2) is 0 Å². The number of hydrazine groups is 1. The molecular formula is CH2N4O. The Morgan fingerprint density at radius 1 is 2.00 bits per heavy atom. The second kappa shape index (κ2) is 2.11. The van der Waals surface area contributed by atoms with Gasteiger partial charge in [0, 0.05) is 0 Å². The predicted octanol–water partition coefficient (Wildman–Crippen LogP) is -0.675. The van der Waals surface area contributed by atoms with Crippen LogP contribution in [0.2, 0.25) is 0 Å². The normalized spacial score (nSPS) is 6.00. The molecule has 0 aromatic rings. The van der Waals surface area contributed by atoms with E-state index in [1.54, 1.807) is 0 Å². The molecule has 0 atom stereocenters. The van der Waals surface area contributed by atoms with Crippen molar-refractivity contribution >= 4 is 0 Å². The Balaban J connectivity index is 3.30. The van der Waals surface area contributed by atoms with Crippen molar-refractivity contribution in [3.05, 3.63) is 4.91 Å². The fraction of sp³-hybridized carbons (Fsp3) is 0. The molecule has 0 aliphatic rings. The second-order valence-corrected chi connectivity index (χ2v) is 0.526. The van der Waals surface area contributed by atoms with Gasteiger partial charge in [0.05, 0.1) is 5.29 Å². The van der Waals surface area contributed by atoms with E-state index in [0.717, 1.165) is 0 Å². The lowest BCUT2D eigenvalue weighted by atomic mass is 11.4. The fourth-order valence-electron chi connectivity index (χ4n) is 0.0183. The third-order valence-corrected chi connectivity index (χ3v) is 0.190. The zero-order valence-corrected chi connectivity index (χ0v) is 2.83. The summed E-state index contributed by atoms with van der Waals surface area (Å²) in [5.74, 6) is 4.47. The van der Waals surface area contributed by atoms with E-state index in [4.69, 9.17) is 10.2 Å². The molecule has 5 heteroatoms. The van der Waals surface area contributed by atoms with Gasteiger partial charge in [-0.2, -0.15) is 5.26 Å². The first kappa shape index (κ1) is 4.85. The van der Waals surface area contributed by atoms with E-state index in [9.17, 15) is 0 Å². The first-order valence-corrected chi connectivity index (χ1v) is 1.09. The van der Waals surface area contributed by atoms with Gasteiger partial charge >= 0.3 is 0 Å². The Kier molecular flexibility index (Phi) is 1.71. The molecular weight excluding hydrogens is 84.0 g/mol.